The number of aryl methyl sites for hydroxylation is 1. The Kier molecular flexibility index (Phi) is 3.70. The van der Waals surface area contributed by atoms with Gasteiger partial charge in [0.05, 0.1) is 11.7 Å². The predicted octanol–water partition coefficient (Wildman–Crippen LogP) is 5.00. The molecule has 0 bridgehead atoms. The van der Waals surface area contributed by atoms with Crippen LogP contribution in [0.15, 0.2) is 6.20 Å². The lowest BCUT2D eigenvalue weighted by molar-refractivity contribution is 0.585. The molecule has 1 heterocycles. The van der Waals surface area contributed by atoms with E-state index >= 15 is 0 Å². The van der Waals surface area contributed by atoms with Crippen molar-refractivity contribution >= 4 is 10.9 Å². The van der Waals surface area contributed by atoms with Crippen LogP contribution in [-0.4, -0.2) is 9.78 Å². The number of aromatic nitrogens is 2. The minimum atomic E-state index is 0.134. The Morgan fingerprint density at radius 3 is 2.30 bits per heavy atom. The second kappa shape index (κ2) is 4.91. The van der Waals surface area contributed by atoms with Gasteiger partial charge in [-0.25, -0.2) is 0 Å². The molecule has 2 rings (SSSR count). The average molecular weight is 272 g/mol. The zero-order valence-corrected chi connectivity index (χ0v) is 14.3. The third-order valence-electron chi connectivity index (χ3n) is 4.66. The lowest BCUT2D eigenvalue weighted by Gasteiger charge is -2.27. The van der Waals surface area contributed by atoms with Gasteiger partial charge in [-0.1, -0.05) is 34.6 Å². The Morgan fingerprint density at radius 2 is 1.80 bits per heavy atom. The van der Waals surface area contributed by atoms with Crippen LogP contribution in [0, 0.1) is 13.8 Å². The summed E-state index contributed by atoms with van der Waals surface area (Å²) in [6.07, 6.45) is 3.22. The first-order valence-electron chi connectivity index (χ1n) is 7.65. The van der Waals surface area contributed by atoms with Crippen molar-refractivity contribution in [2.24, 2.45) is 7.05 Å². The molecule has 20 heavy (non-hydrogen) atoms. The van der Waals surface area contributed by atoms with Gasteiger partial charge in [0.1, 0.15) is 0 Å². The molecule has 1 aromatic heterocycles. The Morgan fingerprint density at radius 1 is 1.20 bits per heavy atom. The molecule has 0 aliphatic rings. The van der Waals surface area contributed by atoms with Crippen molar-refractivity contribution in [3.05, 3.63) is 28.5 Å². The third kappa shape index (κ3) is 2.15. The standard InChI is InChI=1S/C18H28N2/c1-9-11(2)15-12(3)13(4)16(18(5,6)7)17-14(15)10-19-20(17)8/h10-11H,9H2,1-8H3. The van der Waals surface area contributed by atoms with E-state index in [0.717, 1.165) is 0 Å². The van der Waals surface area contributed by atoms with Crippen molar-refractivity contribution in [3.63, 3.8) is 0 Å². The molecule has 0 radical (unpaired) electrons. The van der Waals surface area contributed by atoms with Gasteiger partial charge < -0.3 is 0 Å². The Bertz CT molecular complexity index is 642. The van der Waals surface area contributed by atoms with Gasteiger partial charge in [-0.05, 0) is 53.9 Å². The number of nitrogens with zero attached hydrogens (tertiary/aromatic N) is 2. The van der Waals surface area contributed by atoms with Gasteiger partial charge in [-0.2, -0.15) is 5.10 Å². The fourth-order valence-corrected chi connectivity index (χ4v) is 3.46. The Hall–Kier alpha value is -1.31. The molecule has 2 nitrogen and oxygen atoms in total. The van der Waals surface area contributed by atoms with Crippen LogP contribution >= 0.6 is 0 Å². The minimum absolute atomic E-state index is 0.134. The van der Waals surface area contributed by atoms with Crippen molar-refractivity contribution in [1.82, 2.24) is 9.78 Å². The van der Waals surface area contributed by atoms with Crippen LogP contribution in [0.3, 0.4) is 0 Å². The highest BCUT2D eigenvalue weighted by Crippen LogP contribution is 2.40. The highest BCUT2D eigenvalue weighted by Gasteiger charge is 2.26. The van der Waals surface area contributed by atoms with Gasteiger partial charge in [0, 0.05) is 12.4 Å². The zero-order chi connectivity index (χ0) is 15.2. The Labute approximate surface area is 123 Å². The fourth-order valence-electron chi connectivity index (χ4n) is 3.46. The summed E-state index contributed by atoms with van der Waals surface area (Å²) in [5, 5.41) is 5.89. The quantitative estimate of drug-likeness (QED) is 0.752. The van der Waals surface area contributed by atoms with Crippen molar-refractivity contribution in [2.75, 3.05) is 0 Å². The first-order chi connectivity index (χ1) is 9.20. The molecule has 0 amide bonds. The second-order valence-corrected chi connectivity index (χ2v) is 7.13. The third-order valence-corrected chi connectivity index (χ3v) is 4.66. The van der Waals surface area contributed by atoms with E-state index in [4.69, 9.17) is 0 Å². The number of hydrogen-bond acceptors (Lipinski definition) is 1. The average Bonchev–Trinajstić information content (AvgIpc) is 2.70. The molecular weight excluding hydrogens is 244 g/mol. The highest BCUT2D eigenvalue weighted by molar-refractivity contribution is 5.89. The number of rotatable bonds is 2. The molecule has 0 fully saturated rings. The van der Waals surface area contributed by atoms with Crippen molar-refractivity contribution in [2.45, 2.75) is 66.2 Å². The van der Waals surface area contributed by atoms with Gasteiger partial charge >= 0.3 is 0 Å². The molecule has 1 aromatic carbocycles. The monoisotopic (exact) mass is 272 g/mol. The summed E-state index contributed by atoms with van der Waals surface area (Å²) in [4.78, 5) is 0. The van der Waals surface area contributed by atoms with Crippen LogP contribution in [-0.2, 0) is 12.5 Å². The van der Waals surface area contributed by atoms with E-state index in [9.17, 15) is 0 Å². The molecule has 1 atom stereocenters. The molecule has 1 unspecified atom stereocenters. The van der Waals surface area contributed by atoms with Crippen LogP contribution in [0.4, 0.5) is 0 Å². The van der Waals surface area contributed by atoms with Crippen molar-refractivity contribution in [3.8, 4) is 0 Å². The lowest BCUT2D eigenvalue weighted by Crippen LogP contribution is -2.17. The van der Waals surface area contributed by atoms with Crippen LogP contribution in [0.25, 0.3) is 10.9 Å². The van der Waals surface area contributed by atoms with E-state index in [1.54, 1.807) is 0 Å². The van der Waals surface area contributed by atoms with Gasteiger partial charge in [0.15, 0.2) is 0 Å². The molecule has 0 saturated heterocycles. The summed E-state index contributed by atoms with van der Waals surface area (Å²) >= 11 is 0. The molecule has 0 aliphatic carbocycles. The van der Waals surface area contributed by atoms with E-state index in [2.05, 4.69) is 66.8 Å². The largest absolute Gasteiger partial charge is 0.268 e. The summed E-state index contributed by atoms with van der Waals surface area (Å²) in [6.45, 7) is 16.0. The first-order valence-corrected chi connectivity index (χ1v) is 7.65. The van der Waals surface area contributed by atoms with Gasteiger partial charge in [-0.15, -0.1) is 0 Å². The Balaban J connectivity index is 2.98. The molecule has 2 aromatic rings. The second-order valence-electron chi connectivity index (χ2n) is 7.13. The summed E-state index contributed by atoms with van der Waals surface area (Å²) in [5.41, 5.74) is 7.26. The van der Waals surface area contributed by atoms with Crippen LogP contribution in [0.2, 0.25) is 0 Å². The summed E-state index contributed by atoms with van der Waals surface area (Å²) in [7, 11) is 2.06. The zero-order valence-electron chi connectivity index (χ0n) is 14.3. The maximum atomic E-state index is 4.55. The molecule has 0 saturated carbocycles. The fraction of sp³-hybridized carbons (Fsp3) is 0.611. The summed E-state index contributed by atoms with van der Waals surface area (Å²) in [5.74, 6) is 0.578. The van der Waals surface area contributed by atoms with Crippen LogP contribution < -0.4 is 0 Å². The van der Waals surface area contributed by atoms with E-state index < -0.39 is 0 Å². The van der Waals surface area contributed by atoms with E-state index in [-0.39, 0.29) is 5.41 Å². The topological polar surface area (TPSA) is 17.8 Å². The van der Waals surface area contributed by atoms with Gasteiger partial charge in [0.2, 0.25) is 0 Å². The van der Waals surface area contributed by atoms with E-state index in [1.807, 2.05) is 4.68 Å². The van der Waals surface area contributed by atoms with E-state index in [1.165, 1.54) is 39.6 Å². The van der Waals surface area contributed by atoms with E-state index in [0.29, 0.717) is 5.92 Å². The SMILES string of the molecule is CCC(C)c1c(C)c(C)c(C(C)(C)C)c2c1cnn2C. The molecule has 0 aliphatic heterocycles. The molecule has 110 valence electrons. The maximum absolute atomic E-state index is 4.55. The predicted molar refractivity (Wildman–Crippen MR) is 87.6 cm³/mol. The smallest absolute Gasteiger partial charge is 0.0722 e. The molecule has 2 heteroatoms. The number of hydrogen-bond donors (Lipinski definition) is 0. The van der Waals surface area contributed by atoms with Crippen molar-refractivity contribution < 1.29 is 0 Å². The van der Waals surface area contributed by atoms with Crippen LogP contribution in [0.1, 0.15) is 69.2 Å². The summed E-state index contributed by atoms with van der Waals surface area (Å²) < 4.78 is 2.05. The lowest BCUT2D eigenvalue weighted by atomic mass is 9.78. The minimum Gasteiger partial charge on any atom is -0.268 e. The van der Waals surface area contributed by atoms with Crippen molar-refractivity contribution in [1.29, 1.82) is 0 Å². The number of fused-ring (bicyclic) bond motifs is 1. The van der Waals surface area contributed by atoms with Gasteiger partial charge in [-0.3, -0.25) is 4.68 Å². The number of benzene rings is 1. The highest BCUT2D eigenvalue weighted by atomic mass is 15.2. The van der Waals surface area contributed by atoms with Gasteiger partial charge in [0.25, 0.3) is 0 Å². The molecule has 0 spiro atoms. The maximum Gasteiger partial charge on any atom is 0.0722 e. The summed E-state index contributed by atoms with van der Waals surface area (Å²) in [6, 6.07) is 0. The molecular formula is C18H28N2. The molecule has 0 N–H and O–H groups in total. The normalized spacial score (nSPS) is 14.0. The first kappa shape index (κ1) is 15.1. The van der Waals surface area contributed by atoms with Crippen LogP contribution in [0.5, 0.6) is 0 Å².